The molecule has 1 fully saturated rings. The number of hydrogen-bond acceptors (Lipinski definition) is 4. The van der Waals surface area contributed by atoms with Gasteiger partial charge in [0.05, 0.1) is 0 Å². The minimum atomic E-state index is -0.722. The van der Waals surface area contributed by atoms with Crippen molar-refractivity contribution in [2.75, 3.05) is 26.4 Å². The van der Waals surface area contributed by atoms with Crippen molar-refractivity contribution >= 4 is 47.2 Å². The third-order valence-electron chi connectivity index (χ3n) is 5.52. The van der Waals surface area contributed by atoms with E-state index in [0.29, 0.717) is 21.5 Å². The Kier molecular flexibility index (Phi) is 8.11. The van der Waals surface area contributed by atoms with Crippen molar-refractivity contribution < 1.29 is 19.4 Å². The first-order chi connectivity index (χ1) is 14.5. The minimum Gasteiger partial charge on any atom is -0.481 e. The Morgan fingerprint density at radius 1 is 1.10 bits per heavy atom. The van der Waals surface area contributed by atoms with Crippen molar-refractivity contribution in [3.63, 3.8) is 0 Å². The summed E-state index contributed by atoms with van der Waals surface area (Å²) in [5.74, 6) is 0.927. The molecule has 1 N–H and O–H groups in total. The van der Waals surface area contributed by atoms with Crippen LogP contribution in [0.25, 0.3) is 5.57 Å². The molecule has 8 heteroatoms. The number of likely N-dealkylation sites (tertiary alicyclic amines) is 1. The number of aliphatic carboxylic acids is 1. The molecule has 1 unspecified atom stereocenters. The fraction of sp³-hybridized carbons (Fsp3) is 0.348. The highest BCUT2D eigenvalue weighted by Crippen LogP contribution is 2.40. The van der Waals surface area contributed by atoms with Gasteiger partial charge in [-0.1, -0.05) is 29.3 Å². The fourth-order valence-corrected chi connectivity index (χ4v) is 4.46. The Labute approximate surface area is 198 Å². The topological polar surface area (TPSA) is 59.0 Å². The maximum Gasteiger partial charge on any atom is 0.303 e. The van der Waals surface area contributed by atoms with Gasteiger partial charge in [0.2, 0.25) is 6.79 Å². The number of ether oxygens (including phenoxy) is 2. The molecule has 31 heavy (non-hydrogen) atoms. The third kappa shape index (κ3) is 5.86. The Hall–Kier alpha value is -1.92. The van der Waals surface area contributed by atoms with Gasteiger partial charge >= 0.3 is 5.97 Å². The summed E-state index contributed by atoms with van der Waals surface area (Å²) in [5.41, 5.74) is 2.77. The molecule has 0 amide bonds. The minimum absolute atomic E-state index is 0. The zero-order valence-electron chi connectivity index (χ0n) is 16.9. The van der Waals surface area contributed by atoms with Crippen molar-refractivity contribution in [1.82, 2.24) is 4.90 Å². The van der Waals surface area contributed by atoms with Crippen molar-refractivity contribution in [1.29, 1.82) is 0 Å². The lowest BCUT2D eigenvalue weighted by Crippen LogP contribution is -2.22. The van der Waals surface area contributed by atoms with Gasteiger partial charge in [-0.15, -0.1) is 12.4 Å². The van der Waals surface area contributed by atoms with Crippen LogP contribution in [0.1, 0.15) is 30.4 Å². The zero-order chi connectivity index (χ0) is 21.1. The predicted molar refractivity (Wildman–Crippen MR) is 125 cm³/mol. The highest BCUT2D eigenvalue weighted by molar-refractivity contribution is 6.31. The van der Waals surface area contributed by atoms with Gasteiger partial charge in [-0.05, 0) is 67.3 Å². The summed E-state index contributed by atoms with van der Waals surface area (Å²) in [5, 5.41) is 10.3. The Morgan fingerprint density at radius 2 is 1.71 bits per heavy atom. The largest absolute Gasteiger partial charge is 0.481 e. The number of carboxylic acid groups (broad SMARTS) is 1. The van der Waals surface area contributed by atoms with E-state index in [9.17, 15) is 4.79 Å². The summed E-state index contributed by atoms with van der Waals surface area (Å²) in [6.45, 7) is 2.72. The Morgan fingerprint density at radius 3 is 2.29 bits per heavy atom. The third-order valence-corrected chi connectivity index (χ3v) is 5.99. The number of rotatable bonds is 5. The number of carbonyl (C=O) groups is 1. The van der Waals surface area contributed by atoms with Crippen LogP contribution in [-0.2, 0) is 4.79 Å². The van der Waals surface area contributed by atoms with Gasteiger partial charge in [0.1, 0.15) is 11.5 Å². The predicted octanol–water partition coefficient (Wildman–Crippen LogP) is 5.76. The van der Waals surface area contributed by atoms with Gasteiger partial charge in [-0.25, -0.2) is 0 Å². The summed E-state index contributed by atoms with van der Waals surface area (Å²) in [7, 11) is 0. The molecule has 5 nitrogen and oxygen atoms in total. The zero-order valence-corrected chi connectivity index (χ0v) is 19.2. The van der Waals surface area contributed by atoms with Crippen LogP contribution in [0.5, 0.6) is 11.5 Å². The number of halogens is 3. The van der Waals surface area contributed by atoms with Crippen LogP contribution in [-0.4, -0.2) is 42.4 Å². The van der Waals surface area contributed by atoms with Gasteiger partial charge in [0.25, 0.3) is 0 Å². The average Bonchev–Trinajstić information content (AvgIpc) is 3.13. The SMILES string of the molecule is Cl.O=C(O)CC1CCN(CCC=C2c3cc(Cl)ccc3OCOc3ccc(Cl)cc32)C1. The normalized spacial score (nSPS) is 17.9. The van der Waals surface area contributed by atoms with E-state index < -0.39 is 5.97 Å². The molecular weight excluding hydrogens is 461 g/mol. The molecule has 2 aromatic rings. The Bertz CT molecular complexity index is 924. The van der Waals surface area contributed by atoms with Crippen LogP contribution < -0.4 is 9.47 Å². The number of carboxylic acids is 1. The fourth-order valence-electron chi connectivity index (χ4n) is 4.12. The quantitative estimate of drug-likeness (QED) is 0.584. The van der Waals surface area contributed by atoms with E-state index in [1.165, 1.54) is 0 Å². The van der Waals surface area contributed by atoms with Gasteiger partial charge < -0.3 is 19.5 Å². The lowest BCUT2D eigenvalue weighted by molar-refractivity contribution is -0.138. The van der Waals surface area contributed by atoms with Crippen LogP contribution in [0.3, 0.4) is 0 Å². The van der Waals surface area contributed by atoms with Gasteiger partial charge in [-0.3, -0.25) is 4.79 Å². The highest BCUT2D eigenvalue weighted by atomic mass is 35.5. The maximum absolute atomic E-state index is 11.0. The lowest BCUT2D eigenvalue weighted by atomic mass is 9.95. The second kappa shape index (κ2) is 10.6. The highest BCUT2D eigenvalue weighted by Gasteiger charge is 2.24. The molecule has 1 atom stereocenters. The first-order valence-electron chi connectivity index (χ1n) is 9.99. The molecule has 166 valence electrons. The van der Waals surface area contributed by atoms with Crippen molar-refractivity contribution in [2.24, 2.45) is 5.92 Å². The van der Waals surface area contributed by atoms with Crippen molar-refractivity contribution in [3.05, 3.63) is 63.6 Å². The first-order valence-corrected chi connectivity index (χ1v) is 10.7. The second-order valence-electron chi connectivity index (χ2n) is 7.65. The maximum atomic E-state index is 11.0. The number of hydrogen-bond donors (Lipinski definition) is 1. The van der Waals surface area contributed by atoms with Gasteiger partial charge in [0.15, 0.2) is 0 Å². The molecule has 2 aliphatic heterocycles. The summed E-state index contributed by atoms with van der Waals surface area (Å²) in [6, 6.07) is 11.1. The van der Waals surface area contributed by atoms with Crippen molar-refractivity contribution in [3.8, 4) is 11.5 Å². The molecule has 0 radical (unpaired) electrons. The standard InChI is InChI=1S/C23H23Cl2NO4.ClH/c24-16-3-5-21-19(11-16)18(20-12-17(25)4-6-22(20)30-14-29-21)2-1-8-26-9-7-15(13-26)10-23(27)28;/h2-6,11-12,15H,1,7-10,13-14H2,(H,27,28);1H. The molecule has 0 bridgehead atoms. The van der Waals surface area contributed by atoms with Crippen LogP contribution >= 0.6 is 35.6 Å². The van der Waals surface area contributed by atoms with Crippen LogP contribution in [0.15, 0.2) is 42.5 Å². The molecule has 1 saturated heterocycles. The molecule has 2 aromatic carbocycles. The van der Waals surface area contributed by atoms with E-state index in [4.69, 9.17) is 37.8 Å². The summed E-state index contributed by atoms with van der Waals surface area (Å²) in [4.78, 5) is 13.3. The van der Waals surface area contributed by atoms with Gasteiger partial charge in [0, 0.05) is 40.7 Å². The second-order valence-corrected chi connectivity index (χ2v) is 8.52. The molecule has 2 heterocycles. The molecule has 0 spiro atoms. The number of nitrogens with zero attached hydrogens (tertiary/aromatic N) is 1. The first kappa shape index (κ1) is 23.7. The molecule has 4 rings (SSSR count). The summed E-state index contributed by atoms with van der Waals surface area (Å²) < 4.78 is 11.6. The molecule has 0 aliphatic carbocycles. The number of fused-ring (bicyclic) bond motifs is 2. The van der Waals surface area contributed by atoms with E-state index in [2.05, 4.69) is 11.0 Å². The average molecular weight is 485 g/mol. The van der Waals surface area contributed by atoms with E-state index in [-0.39, 0.29) is 31.5 Å². The van der Waals surface area contributed by atoms with Crippen molar-refractivity contribution in [2.45, 2.75) is 19.3 Å². The number of benzene rings is 2. The molecule has 0 saturated carbocycles. The monoisotopic (exact) mass is 483 g/mol. The van der Waals surface area contributed by atoms with Crippen LogP contribution in [0.4, 0.5) is 0 Å². The lowest BCUT2D eigenvalue weighted by Gasteiger charge is -2.22. The Balaban J connectivity index is 0.00000272. The molecule has 0 aromatic heterocycles. The molecule has 2 aliphatic rings. The van der Waals surface area contributed by atoms with E-state index in [1.54, 1.807) is 12.1 Å². The summed E-state index contributed by atoms with van der Waals surface area (Å²) >= 11 is 12.6. The van der Waals surface area contributed by atoms with E-state index in [1.807, 2.05) is 24.3 Å². The molecular formula is C23H24Cl3NO4. The smallest absolute Gasteiger partial charge is 0.303 e. The van der Waals surface area contributed by atoms with Crippen LogP contribution in [0.2, 0.25) is 10.0 Å². The van der Waals surface area contributed by atoms with E-state index in [0.717, 1.165) is 49.2 Å². The summed E-state index contributed by atoms with van der Waals surface area (Å²) in [6.07, 6.45) is 4.13. The van der Waals surface area contributed by atoms with Gasteiger partial charge in [-0.2, -0.15) is 0 Å². The van der Waals surface area contributed by atoms with Crippen LogP contribution in [0, 0.1) is 5.92 Å². The van der Waals surface area contributed by atoms with E-state index >= 15 is 0 Å².